The van der Waals surface area contributed by atoms with Crippen LogP contribution in [0, 0.1) is 17.2 Å². The molecule has 0 aromatic rings. The molecule has 0 bridgehead atoms. The van der Waals surface area contributed by atoms with Crippen LogP contribution in [-0.4, -0.2) is 19.0 Å². The lowest BCUT2D eigenvalue weighted by Gasteiger charge is -2.17. The number of rotatable bonds is 5. The monoisotopic (exact) mass is 208 g/mol. The molecule has 0 saturated carbocycles. The molecule has 0 aliphatic heterocycles. The van der Waals surface area contributed by atoms with E-state index in [0.29, 0.717) is 11.8 Å². The first-order chi connectivity index (χ1) is 6.93. The van der Waals surface area contributed by atoms with Gasteiger partial charge in [0.1, 0.15) is 0 Å². The van der Waals surface area contributed by atoms with E-state index >= 15 is 0 Å². The Morgan fingerprint density at radius 2 is 1.80 bits per heavy atom. The summed E-state index contributed by atoms with van der Waals surface area (Å²) in [6.45, 7) is 10.7. The average Bonchev–Trinajstić information content (AvgIpc) is 2.16. The van der Waals surface area contributed by atoms with Gasteiger partial charge < -0.3 is 5.41 Å². The van der Waals surface area contributed by atoms with Crippen molar-refractivity contribution >= 4 is 11.9 Å². The minimum absolute atomic E-state index is 0.444. The lowest BCUT2D eigenvalue weighted by Crippen LogP contribution is -2.10. The second-order valence-electron chi connectivity index (χ2n) is 4.56. The fourth-order valence-electron chi connectivity index (χ4n) is 1.83. The summed E-state index contributed by atoms with van der Waals surface area (Å²) < 4.78 is 0. The molecule has 0 heterocycles. The zero-order chi connectivity index (χ0) is 12.0. The maximum atomic E-state index is 7.50. The molecule has 0 aromatic heterocycles. The standard InChI is InChI=1S/C13H24N2/c1-9(2)7-10(3)13(8-14)11(4)12(5)15-6/h8-10,14H,7H2,1-6H3/b13-11+,14-8?,15-12-. The van der Waals surface area contributed by atoms with Crippen molar-refractivity contribution in [2.24, 2.45) is 16.8 Å². The molecule has 86 valence electrons. The smallest absolute Gasteiger partial charge is 0.0346 e. The van der Waals surface area contributed by atoms with Gasteiger partial charge in [-0.1, -0.05) is 20.8 Å². The molecule has 0 aromatic carbocycles. The van der Waals surface area contributed by atoms with Crippen molar-refractivity contribution in [1.82, 2.24) is 0 Å². The van der Waals surface area contributed by atoms with Gasteiger partial charge in [-0.25, -0.2) is 0 Å². The second-order valence-corrected chi connectivity index (χ2v) is 4.56. The van der Waals surface area contributed by atoms with E-state index in [1.807, 2.05) is 6.92 Å². The number of nitrogens with one attached hydrogen (secondary N) is 1. The highest BCUT2D eigenvalue weighted by Crippen LogP contribution is 2.21. The van der Waals surface area contributed by atoms with Crippen molar-refractivity contribution in [1.29, 1.82) is 5.41 Å². The molecule has 15 heavy (non-hydrogen) atoms. The molecule has 0 amide bonds. The van der Waals surface area contributed by atoms with Crippen LogP contribution in [0.15, 0.2) is 16.1 Å². The van der Waals surface area contributed by atoms with Gasteiger partial charge in [-0.05, 0) is 43.3 Å². The zero-order valence-electron chi connectivity index (χ0n) is 10.9. The van der Waals surface area contributed by atoms with E-state index in [4.69, 9.17) is 5.41 Å². The summed E-state index contributed by atoms with van der Waals surface area (Å²) in [4.78, 5) is 4.17. The van der Waals surface area contributed by atoms with E-state index in [9.17, 15) is 0 Å². The number of aliphatic imine (C=N–C) groups is 1. The summed E-state index contributed by atoms with van der Waals surface area (Å²) in [5.41, 5.74) is 3.30. The van der Waals surface area contributed by atoms with E-state index in [2.05, 4.69) is 32.7 Å². The normalized spacial score (nSPS) is 16.3. The molecule has 0 radical (unpaired) electrons. The van der Waals surface area contributed by atoms with Gasteiger partial charge in [0.25, 0.3) is 0 Å². The molecule has 1 unspecified atom stereocenters. The average molecular weight is 208 g/mol. The largest absolute Gasteiger partial charge is 0.308 e. The highest BCUT2D eigenvalue weighted by Gasteiger charge is 2.12. The van der Waals surface area contributed by atoms with Crippen molar-refractivity contribution in [3.05, 3.63) is 11.1 Å². The Morgan fingerprint density at radius 1 is 1.27 bits per heavy atom. The lowest BCUT2D eigenvalue weighted by atomic mass is 9.88. The molecule has 0 fully saturated rings. The van der Waals surface area contributed by atoms with Crippen LogP contribution in [0.4, 0.5) is 0 Å². The van der Waals surface area contributed by atoms with Gasteiger partial charge in [-0.2, -0.15) is 0 Å². The van der Waals surface area contributed by atoms with Gasteiger partial charge in [0.05, 0.1) is 0 Å². The minimum atomic E-state index is 0.444. The second kappa shape index (κ2) is 6.54. The predicted octanol–water partition coefficient (Wildman–Crippen LogP) is 3.73. The van der Waals surface area contributed by atoms with E-state index in [1.165, 1.54) is 6.21 Å². The molecular formula is C13H24N2. The minimum Gasteiger partial charge on any atom is -0.308 e. The van der Waals surface area contributed by atoms with Crippen molar-refractivity contribution < 1.29 is 0 Å². The summed E-state index contributed by atoms with van der Waals surface area (Å²) in [5, 5.41) is 7.50. The van der Waals surface area contributed by atoms with Gasteiger partial charge in [0.2, 0.25) is 0 Å². The summed E-state index contributed by atoms with van der Waals surface area (Å²) in [5.74, 6) is 1.11. The Labute approximate surface area is 94.0 Å². The van der Waals surface area contributed by atoms with E-state index in [1.54, 1.807) is 7.05 Å². The summed E-state index contributed by atoms with van der Waals surface area (Å²) >= 11 is 0. The van der Waals surface area contributed by atoms with E-state index in [0.717, 1.165) is 23.3 Å². The van der Waals surface area contributed by atoms with Gasteiger partial charge in [-0.3, -0.25) is 4.99 Å². The zero-order valence-corrected chi connectivity index (χ0v) is 10.9. The van der Waals surface area contributed by atoms with Crippen LogP contribution >= 0.6 is 0 Å². The van der Waals surface area contributed by atoms with Crippen molar-refractivity contribution in [3.8, 4) is 0 Å². The Kier molecular flexibility index (Phi) is 6.14. The van der Waals surface area contributed by atoms with Crippen LogP contribution in [0.3, 0.4) is 0 Å². The third kappa shape index (κ3) is 4.41. The first-order valence-electron chi connectivity index (χ1n) is 5.59. The van der Waals surface area contributed by atoms with Crippen molar-refractivity contribution in [3.63, 3.8) is 0 Å². The molecule has 1 N–H and O–H groups in total. The molecule has 0 aliphatic rings. The molecular weight excluding hydrogens is 184 g/mol. The predicted molar refractivity (Wildman–Crippen MR) is 69.1 cm³/mol. The fraction of sp³-hybridized carbons (Fsp3) is 0.692. The van der Waals surface area contributed by atoms with Crippen LogP contribution in [0.1, 0.15) is 41.0 Å². The van der Waals surface area contributed by atoms with E-state index in [-0.39, 0.29) is 0 Å². The number of allylic oxidation sites excluding steroid dienone is 2. The number of nitrogens with zero attached hydrogens (tertiary/aromatic N) is 1. The number of hydrogen-bond donors (Lipinski definition) is 1. The van der Waals surface area contributed by atoms with Gasteiger partial charge in [0, 0.05) is 19.0 Å². The first-order valence-corrected chi connectivity index (χ1v) is 5.59. The Hall–Kier alpha value is -0.920. The van der Waals surface area contributed by atoms with E-state index < -0.39 is 0 Å². The number of hydrogen-bond acceptors (Lipinski definition) is 2. The van der Waals surface area contributed by atoms with Crippen LogP contribution in [-0.2, 0) is 0 Å². The van der Waals surface area contributed by atoms with Crippen molar-refractivity contribution in [2.45, 2.75) is 41.0 Å². The highest BCUT2D eigenvalue weighted by atomic mass is 14.7. The third-order valence-corrected chi connectivity index (χ3v) is 2.82. The summed E-state index contributed by atoms with van der Waals surface area (Å²) in [6.07, 6.45) is 2.61. The van der Waals surface area contributed by atoms with Crippen LogP contribution < -0.4 is 0 Å². The van der Waals surface area contributed by atoms with Crippen LogP contribution in [0.25, 0.3) is 0 Å². The Bertz CT molecular complexity index is 272. The maximum absolute atomic E-state index is 7.50. The quantitative estimate of drug-likeness (QED) is 0.668. The van der Waals surface area contributed by atoms with Crippen molar-refractivity contribution in [2.75, 3.05) is 7.05 Å². The maximum Gasteiger partial charge on any atom is 0.0346 e. The molecule has 0 rings (SSSR count). The molecule has 0 spiro atoms. The van der Waals surface area contributed by atoms with Crippen LogP contribution in [0.2, 0.25) is 0 Å². The van der Waals surface area contributed by atoms with Gasteiger partial charge >= 0.3 is 0 Å². The lowest BCUT2D eigenvalue weighted by molar-refractivity contribution is 0.494. The molecule has 0 saturated heterocycles. The SMILES string of the molecule is C/N=C(C)\C(C)=C(/C=N)C(C)CC(C)C. The first kappa shape index (κ1) is 14.1. The third-order valence-electron chi connectivity index (χ3n) is 2.82. The fourth-order valence-corrected chi connectivity index (χ4v) is 1.83. The topological polar surface area (TPSA) is 36.2 Å². The molecule has 0 aliphatic carbocycles. The molecule has 1 atom stereocenters. The molecule has 2 heteroatoms. The van der Waals surface area contributed by atoms with Gasteiger partial charge in [-0.15, -0.1) is 0 Å². The molecule has 2 nitrogen and oxygen atoms in total. The Morgan fingerprint density at radius 3 is 2.13 bits per heavy atom. The summed E-state index contributed by atoms with van der Waals surface area (Å²) in [7, 11) is 1.80. The van der Waals surface area contributed by atoms with Gasteiger partial charge in [0.15, 0.2) is 0 Å². The summed E-state index contributed by atoms with van der Waals surface area (Å²) in [6, 6.07) is 0. The highest BCUT2D eigenvalue weighted by molar-refractivity contribution is 6.02. The Balaban J connectivity index is 4.96. The van der Waals surface area contributed by atoms with Crippen LogP contribution in [0.5, 0.6) is 0 Å².